The van der Waals surface area contributed by atoms with Gasteiger partial charge in [-0.3, -0.25) is 14.6 Å². The molecule has 0 bridgehead atoms. The first-order chi connectivity index (χ1) is 21.0. The third-order valence-electron chi connectivity index (χ3n) is 8.34. The Morgan fingerprint density at radius 3 is 2.27 bits per heavy atom. The van der Waals surface area contributed by atoms with Gasteiger partial charge in [0.25, 0.3) is 5.91 Å². The highest BCUT2D eigenvalue weighted by Crippen LogP contribution is 2.43. The summed E-state index contributed by atoms with van der Waals surface area (Å²) in [6.07, 6.45) is 5.93. The van der Waals surface area contributed by atoms with E-state index in [9.17, 15) is 27.9 Å². The number of benzene rings is 2. The molecule has 3 N–H and O–H groups in total. The van der Waals surface area contributed by atoms with Gasteiger partial charge >= 0.3 is 5.97 Å². The number of halogens is 2. The Labute approximate surface area is 265 Å². The number of nitrogens with one attached hydrogen (secondary N) is 2. The summed E-state index contributed by atoms with van der Waals surface area (Å²) in [4.78, 5) is 42.6. The summed E-state index contributed by atoms with van der Waals surface area (Å²) in [5, 5.41) is 15.5. The summed E-state index contributed by atoms with van der Waals surface area (Å²) in [5.74, 6) is -2.55. The van der Waals surface area contributed by atoms with Crippen LogP contribution in [0.5, 0.6) is 0 Å². The Hall–Kier alpha value is -3.51. The molecule has 2 heterocycles. The van der Waals surface area contributed by atoms with Gasteiger partial charge < -0.3 is 15.7 Å². The SMILES string of the molecule is Cc1ccc(S(=O)(=O)N2CC3CCCCC3C2C(=O)N[C@@H](Cc2ccc(NC(=O)c3c(Cl)cncc3Cl)cc2)C(=O)O)cc1. The molecule has 2 aliphatic rings. The van der Waals surface area contributed by atoms with Crippen molar-refractivity contribution in [2.45, 2.75) is 56.0 Å². The molecule has 13 heteroatoms. The largest absolute Gasteiger partial charge is 0.480 e. The second kappa shape index (κ2) is 13.2. The Kier molecular flexibility index (Phi) is 9.59. The lowest BCUT2D eigenvalue weighted by molar-refractivity contribution is -0.142. The van der Waals surface area contributed by atoms with Gasteiger partial charge in [0.1, 0.15) is 12.1 Å². The molecule has 1 saturated carbocycles. The monoisotopic (exact) mass is 658 g/mol. The van der Waals surface area contributed by atoms with Crippen LogP contribution in [-0.2, 0) is 26.0 Å². The number of fused-ring (bicyclic) bond motifs is 1. The van der Waals surface area contributed by atoms with Crippen molar-refractivity contribution in [1.82, 2.24) is 14.6 Å². The summed E-state index contributed by atoms with van der Waals surface area (Å²) < 4.78 is 28.7. The molecule has 1 aliphatic heterocycles. The van der Waals surface area contributed by atoms with E-state index in [1.54, 1.807) is 36.4 Å². The van der Waals surface area contributed by atoms with E-state index in [1.807, 2.05) is 6.92 Å². The number of hydrogen-bond donors (Lipinski definition) is 3. The number of anilines is 1. The number of pyridine rings is 1. The maximum Gasteiger partial charge on any atom is 0.326 e. The lowest BCUT2D eigenvalue weighted by atomic mass is 9.78. The zero-order valence-corrected chi connectivity index (χ0v) is 26.2. The minimum absolute atomic E-state index is 0.0302. The van der Waals surface area contributed by atoms with Gasteiger partial charge in [-0.25, -0.2) is 13.2 Å². The van der Waals surface area contributed by atoms with Crippen molar-refractivity contribution in [3.63, 3.8) is 0 Å². The number of aliphatic carboxylic acids is 1. The maximum atomic E-state index is 13.8. The standard InChI is InChI=1S/C31H32Cl2N4O6S/c1-18-6-12-22(13-7-18)44(42,43)37-17-20-4-2-3-5-23(20)28(37)30(39)36-26(31(40)41)14-19-8-10-21(11-9-19)35-29(38)27-24(32)15-34-16-25(27)33/h6-13,15-16,20,23,26,28H,2-5,14,17H2,1H3,(H,35,38)(H,36,39)(H,40,41)/t20?,23?,26-,28?/m0/s1. The molecule has 1 aromatic heterocycles. The Bertz CT molecular complexity index is 1650. The van der Waals surface area contributed by atoms with Crippen LogP contribution in [0.25, 0.3) is 0 Å². The lowest BCUT2D eigenvalue weighted by Gasteiger charge is -2.30. The molecule has 3 aromatic rings. The van der Waals surface area contributed by atoms with Gasteiger partial charge in [0.15, 0.2) is 0 Å². The van der Waals surface area contributed by atoms with Crippen molar-refractivity contribution in [2.75, 3.05) is 11.9 Å². The first kappa shape index (κ1) is 31.9. The quantitative estimate of drug-likeness (QED) is 0.295. The number of carbonyl (C=O) groups is 3. The molecule has 4 atom stereocenters. The van der Waals surface area contributed by atoms with Crippen molar-refractivity contribution in [3.8, 4) is 0 Å². The summed E-state index contributed by atoms with van der Waals surface area (Å²) in [6, 6.07) is 10.6. The predicted octanol–water partition coefficient (Wildman–Crippen LogP) is 4.94. The van der Waals surface area contributed by atoms with Gasteiger partial charge in [0, 0.05) is 31.0 Å². The van der Waals surface area contributed by atoms with E-state index in [2.05, 4.69) is 15.6 Å². The highest BCUT2D eigenvalue weighted by atomic mass is 35.5. The average molecular weight is 660 g/mol. The van der Waals surface area contributed by atoms with E-state index in [4.69, 9.17) is 23.2 Å². The molecule has 2 fully saturated rings. The van der Waals surface area contributed by atoms with Crippen LogP contribution in [-0.4, -0.2) is 59.2 Å². The van der Waals surface area contributed by atoms with Crippen LogP contribution in [0.2, 0.25) is 10.0 Å². The van der Waals surface area contributed by atoms with Gasteiger partial charge in [0.05, 0.1) is 20.5 Å². The number of hydrogen-bond acceptors (Lipinski definition) is 6. The maximum absolute atomic E-state index is 13.8. The third-order valence-corrected chi connectivity index (χ3v) is 10.8. The highest BCUT2D eigenvalue weighted by molar-refractivity contribution is 7.89. The Balaban J connectivity index is 1.31. The molecule has 5 rings (SSSR count). The number of aromatic nitrogens is 1. The average Bonchev–Trinajstić information content (AvgIpc) is 3.39. The normalized spacial score (nSPS) is 20.8. The molecular weight excluding hydrogens is 627 g/mol. The molecule has 44 heavy (non-hydrogen) atoms. The Morgan fingerprint density at radius 2 is 1.64 bits per heavy atom. The lowest BCUT2D eigenvalue weighted by Crippen LogP contribution is -2.53. The third kappa shape index (κ3) is 6.76. The second-order valence-electron chi connectivity index (χ2n) is 11.3. The van der Waals surface area contributed by atoms with E-state index < -0.39 is 39.9 Å². The van der Waals surface area contributed by atoms with Crippen molar-refractivity contribution in [2.24, 2.45) is 11.8 Å². The molecule has 1 aliphatic carbocycles. The van der Waals surface area contributed by atoms with E-state index in [0.29, 0.717) is 17.7 Å². The molecule has 232 valence electrons. The highest BCUT2D eigenvalue weighted by Gasteiger charge is 2.51. The number of sulfonamides is 1. The van der Waals surface area contributed by atoms with Crippen LogP contribution < -0.4 is 10.6 Å². The Morgan fingerprint density at radius 1 is 1.00 bits per heavy atom. The summed E-state index contributed by atoms with van der Waals surface area (Å²) >= 11 is 12.1. The summed E-state index contributed by atoms with van der Waals surface area (Å²) in [5.41, 5.74) is 1.99. The van der Waals surface area contributed by atoms with Crippen molar-refractivity contribution < 1.29 is 27.9 Å². The van der Waals surface area contributed by atoms with Crippen LogP contribution in [0, 0.1) is 18.8 Å². The zero-order chi connectivity index (χ0) is 31.6. The van der Waals surface area contributed by atoms with E-state index in [-0.39, 0.29) is 45.3 Å². The first-order valence-electron chi connectivity index (χ1n) is 14.3. The number of carboxylic acid groups (broad SMARTS) is 1. The van der Waals surface area contributed by atoms with Gasteiger partial charge in [-0.15, -0.1) is 0 Å². The topological polar surface area (TPSA) is 146 Å². The number of carbonyl (C=O) groups excluding carboxylic acids is 2. The van der Waals surface area contributed by atoms with Crippen LogP contribution >= 0.6 is 23.2 Å². The van der Waals surface area contributed by atoms with Gasteiger partial charge in [0.2, 0.25) is 15.9 Å². The van der Waals surface area contributed by atoms with Crippen LogP contribution in [0.1, 0.15) is 47.2 Å². The summed E-state index contributed by atoms with van der Waals surface area (Å²) in [6.45, 7) is 2.08. The smallest absolute Gasteiger partial charge is 0.326 e. The van der Waals surface area contributed by atoms with E-state index in [0.717, 1.165) is 24.8 Å². The van der Waals surface area contributed by atoms with Gasteiger partial charge in [-0.2, -0.15) is 4.31 Å². The molecule has 1 saturated heterocycles. The molecule has 2 aromatic carbocycles. The number of aryl methyl sites for hydroxylation is 1. The molecule has 2 amide bonds. The van der Waals surface area contributed by atoms with E-state index >= 15 is 0 Å². The van der Waals surface area contributed by atoms with Crippen LogP contribution in [0.4, 0.5) is 5.69 Å². The zero-order valence-electron chi connectivity index (χ0n) is 23.9. The molecule has 3 unspecified atom stereocenters. The number of carboxylic acids is 1. The van der Waals surface area contributed by atoms with Crippen molar-refractivity contribution in [3.05, 3.63) is 87.7 Å². The molecule has 0 spiro atoms. The number of rotatable bonds is 9. The van der Waals surface area contributed by atoms with Crippen molar-refractivity contribution >= 4 is 56.7 Å². The first-order valence-corrected chi connectivity index (χ1v) is 16.5. The fourth-order valence-electron chi connectivity index (χ4n) is 6.09. The minimum atomic E-state index is -3.99. The van der Waals surface area contributed by atoms with Crippen molar-refractivity contribution in [1.29, 1.82) is 0 Å². The van der Waals surface area contributed by atoms with Gasteiger partial charge in [-0.05, 0) is 61.4 Å². The van der Waals surface area contributed by atoms with E-state index in [1.165, 1.54) is 28.8 Å². The van der Waals surface area contributed by atoms with Crippen LogP contribution in [0.3, 0.4) is 0 Å². The summed E-state index contributed by atoms with van der Waals surface area (Å²) in [7, 11) is -3.99. The number of amides is 2. The van der Waals surface area contributed by atoms with Gasteiger partial charge in [-0.1, -0.05) is 65.9 Å². The fourth-order valence-corrected chi connectivity index (χ4v) is 8.32. The van der Waals surface area contributed by atoms with Crippen LogP contribution in [0.15, 0.2) is 65.8 Å². The second-order valence-corrected chi connectivity index (χ2v) is 14.0. The predicted molar refractivity (Wildman–Crippen MR) is 166 cm³/mol. The molecule has 10 nitrogen and oxygen atoms in total. The molecule has 0 radical (unpaired) electrons. The minimum Gasteiger partial charge on any atom is -0.480 e. The fraction of sp³-hybridized carbons (Fsp3) is 0.355. The number of nitrogens with zero attached hydrogens (tertiary/aromatic N) is 2. The molecular formula is C31H32Cl2N4O6S.